The number of aliphatic hydroxyl groups is 1. The zero-order valence-corrected chi connectivity index (χ0v) is 12.7. The highest BCUT2D eigenvalue weighted by Gasteiger charge is 2.31. The highest BCUT2D eigenvalue weighted by molar-refractivity contribution is 5.92. The topological polar surface area (TPSA) is 78.4 Å². The number of aliphatic hydroxyl groups excluding tert-OH is 1. The number of rotatable bonds is 7. The predicted octanol–water partition coefficient (Wildman–Crippen LogP) is 1.94. The fourth-order valence-electron chi connectivity index (χ4n) is 2.35. The van der Waals surface area contributed by atoms with Crippen LogP contribution in [0.3, 0.4) is 0 Å². The van der Waals surface area contributed by atoms with E-state index in [1.807, 2.05) is 12.1 Å². The van der Waals surface area contributed by atoms with E-state index in [-0.39, 0.29) is 24.5 Å². The Bertz CT molecular complexity index is 548. The standard InChI is InChI=1S/C17H22N2O3/c1-12(21)18-15-7-2-13(3-8-15)4-9-17(22)19-16(10-11-20)14-5-6-14/h2-4,7-9,14,16,20H,5-6,10-11H2,1H3,(H,18,21)(H,19,22)/b9-4+. The van der Waals surface area contributed by atoms with E-state index in [2.05, 4.69) is 10.6 Å². The second kappa shape index (κ2) is 7.75. The lowest BCUT2D eigenvalue weighted by molar-refractivity contribution is -0.117. The van der Waals surface area contributed by atoms with Gasteiger partial charge in [0, 0.05) is 31.3 Å². The lowest BCUT2D eigenvalue weighted by Crippen LogP contribution is -2.36. The molecule has 0 aromatic heterocycles. The van der Waals surface area contributed by atoms with Gasteiger partial charge in [0.15, 0.2) is 0 Å². The van der Waals surface area contributed by atoms with Crippen molar-refractivity contribution in [1.82, 2.24) is 5.32 Å². The third-order valence-electron chi connectivity index (χ3n) is 3.62. The van der Waals surface area contributed by atoms with Crippen LogP contribution < -0.4 is 10.6 Å². The lowest BCUT2D eigenvalue weighted by atomic mass is 10.1. The SMILES string of the molecule is CC(=O)Nc1ccc(/C=C/C(=O)NC(CCO)C2CC2)cc1. The number of amides is 2. The highest BCUT2D eigenvalue weighted by Crippen LogP contribution is 2.33. The van der Waals surface area contributed by atoms with E-state index in [1.165, 1.54) is 13.0 Å². The first-order chi connectivity index (χ1) is 10.6. The third kappa shape index (κ3) is 5.33. The van der Waals surface area contributed by atoms with Crippen molar-refractivity contribution in [1.29, 1.82) is 0 Å². The van der Waals surface area contributed by atoms with Crippen molar-refractivity contribution in [2.75, 3.05) is 11.9 Å². The number of nitrogens with one attached hydrogen (secondary N) is 2. The molecule has 2 rings (SSSR count). The summed E-state index contributed by atoms with van der Waals surface area (Å²) in [7, 11) is 0. The van der Waals surface area contributed by atoms with E-state index < -0.39 is 0 Å². The minimum absolute atomic E-state index is 0.0734. The van der Waals surface area contributed by atoms with Crippen LogP contribution in [0.1, 0.15) is 31.7 Å². The molecule has 0 spiro atoms. The molecule has 0 bridgehead atoms. The quantitative estimate of drug-likeness (QED) is 0.673. The number of hydrogen-bond donors (Lipinski definition) is 3. The van der Waals surface area contributed by atoms with E-state index in [1.54, 1.807) is 18.2 Å². The van der Waals surface area contributed by atoms with Crippen LogP contribution >= 0.6 is 0 Å². The molecule has 5 nitrogen and oxygen atoms in total. The first-order valence-electron chi connectivity index (χ1n) is 7.55. The smallest absolute Gasteiger partial charge is 0.244 e. The maximum Gasteiger partial charge on any atom is 0.244 e. The van der Waals surface area contributed by atoms with Gasteiger partial charge >= 0.3 is 0 Å². The summed E-state index contributed by atoms with van der Waals surface area (Å²) < 4.78 is 0. The summed E-state index contributed by atoms with van der Waals surface area (Å²) in [5, 5.41) is 14.7. The van der Waals surface area contributed by atoms with Crippen molar-refractivity contribution < 1.29 is 14.7 Å². The van der Waals surface area contributed by atoms with Crippen LogP contribution in [0, 0.1) is 5.92 Å². The zero-order valence-electron chi connectivity index (χ0n) is 12.7. The molecular formula is C17H22N2O3. The minimum Gasteiger partial charge on any atom is -0.396 e. The number of hydrogen-bond acceptors (Lipinski definition) is 3. The Morgan fingerprint density at radius 1 is 1.32 bits per heavy atom. The fraction of sp³-hybridized carbons (Fsp3) is 0.412. The van der Waals surface area contributed by atoms with Crippen LogP contribution in [0.5, 0.6) is 0 Å². The van der Waals surface area contributed by atoms with Crippen LogP contribution in [0.4, 0.5) is 5.69 Å². The molecule has 1 aliphatic carbocycles. The van der Waals surface area contributed by atoms with Crippen LogP contribution in [0.25, 0.3) is 6.08 Å². The Kier molecular flexibility index (Phi) is 5.72. The molecule has 1 aromatic rings. The molecular weight excluding hydrogens is 280 g/mol. The van der Waals surface area contributed by atoms with Gasteiger partial charge in [-0.15, -0.1) is 0 Å². The van der Waals surface area contributed by atoms with Crippen molar-refractivity contribution in [3.63, 3.8) is 0 Å². The van der Waals surface area contributed by atoms with Crippen molar-refractivity contribution in [2.24, 2.45) is 5.92 Å². The van der Waals surface area contributed by atoms with Gasteiger partial charge in [-0.2, -0.15) is 0 Å². The Morgan fingerprint density at radius 2 is 2.00 bits per heavy atom. The second-order valence-corrected chi connectivity index (χ2v) is 5.60. The van der Waals surface area contributed by atoms with E-state index in [9.17, 15) is 9.59 Å². The van der Waals surface area contributed by atoms with Crippen molar-refractivity contribution in [2.45, 2.75) is 32.2 Å². The largest absolute Gasteiger partial charge is 0.396 e. The summed E-state index contributed by atoms with van der Waals surface area (Å²) in [6, 6.07) is 7.32. The summed E-state index contributed by atoms with van der Waals surface area (Å²) in [6.07, 6.45) is 6.09. The molecule has 1 aromatic carbocycles. The van der Waals surface area contributed by atoms with Gasteiger partial charge in [-0.05, 0) is 49.0 Å². The molecule has 1 atom stereocenters. The molecule has 2 amide bonds. The average Bonchev–Trinajstić information content (AvgIpc) is 3.30. The zero-order chi connectivity index (χ0) is 15.9. The number of benzene rings is 1. The maximum atomic E-state index is 11.9. The molecule has 3 N–H and O–H groups in total. The third-order valence-corrected chi connectivity index (χ3v) is 3.62. The Balaban J connectivity index is 1.87. The van der Waals surface area contributed by atoms with Gasteiger partial charge in [0.2, 0.25) is 11.8 Å². The summed E-state index contributed by atoms with van der Waals surface area (Å²) in [6.45, 7) is 1.55. The molecule has 0 aliphatic heterocycles. The average molecular weight is 302 g/mol. The van der Waals surface area contributed by atoms with E-state index in [4.69, 9.17) is 5.11 Å². The molecule has 22 heavy (non-hydrogen) atoms. The normalized spacial score (nSPS) is 15.5. The van der Waals surface area contributed by atoms with Gasteiger partial charge in [0.05, 0.1) is 0 Å². The number of carbonyl (C=O) groups is 2. The van der Waals surface area contributed by atoms with Crippen molar-refractivity contribution >= 4 is 23.6 Å². The monoisotopic (exact) mass is 302 g/mol. The van der Waals surface area contributed by atoms with Crippen LogP contribution in [-0.2, 0) is 9.59 Å². The minimum atomic E-state index is -0.142. The lowest BCUT2D eigenvalue weighted by Gasteiger charge is -2.15. The Morgan fingerprint density at radius 3 is 2.55 bits per heavy atom. The Hall–Kier alpha value is -2.14. The predicted molar refractivity (Wildman–Crippen MR) is 86.1 cm³/mol. The fourth-order valence-corrected chi connectivity index (χ4v) is 2.35. The van der Waals surface area contributed by atoms with Crippen LogP contribution in [0.15, 0.2) is 30.3 Å². The number of anilines is 1. The molecule has 1 aliphatic rings. The second-order valence-electron chi connectivity index (χ2n) is 5.60. The molecule has 5 heteroatoms. The van der Waals surface area contributed by atoms with Gasteiger partial charge < -0.3 is 15.7 Å². The van der Waals surface area contributed by atoms with Crippen LogP contribution in [0.2, 0.25) is 0 Å². The molecule has 1 unspecified atom stereocenters. The summed E-state index contributed by atoms with van der Waals surface area (Å²) in [5.41, 5.74) is 1.61. The summed E-state index contributed by atoms with van der Waals surface area (Å²) >= 11 is 0. The van der Waals surface area contributed by atoms with Crippen molar-refractivity contribution in [3.8, 4) is 0 Å². The van der Waals surface area contributed by atoms with E-state index >= 15 is 0 Å². The summed E-state index contributed by atoms with van der Waals surface area (Å²) in [4.78, 5) is 22.8. The van der Waals surface area contributed by atoms with Gasteiger partial charge in [0.25, 0.3) is 0 Å². The van der Waals surface area contributed by atoms with E-state index in [0.29, 0.717) is 12.3 Å². The molecule has 0 heterocycles. The van der Waals surface area contributed by atoms with Crippen molar-refractivity contribution in [3.05, 3.63) is 35.9 Å². The Labute approximate surface area is 130 Å². The van der Waals surface area contributed by atoms with Gasteiger partial charge in [-0.25, -0.2) is 0 Å². The van der Waals surface area contributed by atoms with E-state index in [0.717, 1.165) is 24.1 Å². The molecule has 1 saturated carbocycles. The first kappa shape index (κ1) is 16.2. The van der Waals surface area contributed by atoms with Gasteiger partial charge in [-0.3, -0.25) is 9.59 Å². The maximum absolute atomic E-state index is 11.9. The molecule has 1 fully saturated rings. The van der Waals surface area contributed by atoms with Gasteiger partial charge in [0.1, 0.15) is 0 Å². The molecule has 118 valence electrons. The summed E-state index contributed by atoms with van der Waals surface area (Å²) in [5.74, 6) is 0.260. The highest BCUT2D eigenvalue weighted by atomic mass is 16.3. The van der Waals surface area contributed by atoms with Gasteiger partial charge in [-0.1, -0.05) is 12.1 Å². The molecule has 0 radical (unpaired) electrons. The number of carbonyl (C=O) groups excluding carboxylic acids is 2. The molecule has 0 saturated heterocycles. The first-order valence-corrected chi connectivity index (χ1v) is 7.55. The van der Waals surface area contributed by atoms with Crippen LogP contribution in [-0.4, -0.2) is 29.6 Å².